The molecule has 1 amide bonds. The highest BCUT2D eigenvalue weighted by atomic mass is 32.2. The maximum absolute atomic E-state index is 12.3. The van der Waals surface area contributed by atoms with Crippen LogP contribution in [0.5, 0.6) is 0 Å². The molecule has 158 valence electrons. The fraction of sp³-hybridized carbons (Fsp3) is 0.333. The number of ether oxygens (including phenoxy) is 1. The monoisotopic (exact) mass is 427 g/mol. The van der Waals surface area contributed by atoms with Gasteiger partial charge in [-0.3, -0.25) is 4.79 Å². The second-order valence-corrected chi connectivity index (χ2v) is 7.51. The summed E-state index contributed by atoms with van der Waals surface area (Å²) in [6, 6.07) is 10.7. The number of carbonyl (C=O) groups is 2. The summed E-state index contributed by atoms with van der Waals surface area (Å²) in [6.07, 6.45) is 2.69. The first kappa shape index (κ1) is 21.6. The first-order chi connectivity index (χ1) is 14.5. The second kappa shape index (κ2) is 10.1. The average Bonchev–Trinajstić information content (AvgIpc) is 3.33. The van der Waals surface area contributed by atoms with Crippen molar-refractivity contribution in [2.24, 2.45) is 7.05 Å². The SMILES string of the molecule is CCOC(=O)c1ccc(NC(=O)CSc2nnc(Cc3cccn3C)n2CC)cc1. The molecule has 0 saturated heterocycles. The first-order valence-corrected chi connectivity index (χ1v) is 10.7. The third-order valence-corrected chi connectivity index (χ3v) is 5.48. The molecule has 1 aromatic carbocycles. The highest BCUT2D eigenvalue weighted by Gasteiger charge is 2.15. The molecule has 0 aliphatic carbocycles. The Kier molecular flexibility index (Phi) is 7.29. The van der Waals surface area contributed by atoms with Crippen LogP contribution < -0.4 is 5.32 Å². The lowest BCUT2D eigenvalue weighted by molar-refractivity contribution is -0.113. The molecule has 0 spiro atoms. The number of nitrogens with one attached hydrogen (secondary N) is 1. The Bertz CT molecular complexity index is 1010. The largest absolute Gasteiger partial charge is 0.462 e. The molecular formula is C21H25N5O3S. The highest BCUT2D eigenvalue weighted by molar-refractivity contribution is 7.99. The van der Waals surface area contributed by atoms with Crippen molar-refractivity contribution in [1.82, 2.24) is 19.3 Å². The minimum absolute atomic E-state index is 0.154. The Morgan fingerprint density at radius 3 is 2.53 bits per heavy atom. The van der Waals surface area contributed by atoms with E-state index in [4.69, 9.17) is 4.74 Å². The lowest BCUT2D eigenvalue weighted by Gasteiger charge is -2.09. The Morgan fingerprint density at radius 1 is 1.13 bits per heavy atom. The summed E-state index contributed by atoms with van der Waals surface area (Å²) in [5, 5.41) is 12.1. The van der Waals surface area contributed by atoms with Crippen LogP contribution in [0.4, 0.5) is 5.69 Å². The first-order valence-electron chi connectivity index (χ1n) is 9.74. The number of thioether (sulfide) groups is 1. The Labute approximate surface area is 179 Å². The molecular weight excluding hydrogens is 402 g/mol. The maximum atomic E-state index is 12.3. The molecule has 2 aromatic heterocycles. The van der Waals surface area contributed by atoms with Crippen LogP contribution in [0.15, 0.2) is 47.8 Å². The second-order valence-electron chi connectivity index (χ2n) is 6.56. The van der Waals surface area contributed by atoms with Gasteiger partial charge in [-0.1, -0.05) is 11.8 Å². The lowest BCUT2D eigenvalue weighted by atomic mass is 10.2. The van der Waals surface area contributed by atoms with E-state index in [0.717, 1.165) is 23.2 Å². The van der Waals surface area contributed by atoms with Crippen LogP contribution in [-0.4, -0.2) is 43.6 Å². The maximum Gasteiger partial charge on any atom is 0.338 e. The van der Waals surface area contributed by atoms with E-state index in [0.29, 0.717) is 24.3 Å². The van der Waals surface area contributed by atoms with Crippen LogP contribution in [0, 0.1) is 0 Å². The summed E-state index contributed by atoms with van der Waals surface area (Å²) in [6.45, 7) is 4.84. The van der Waals surface area contributed by atoms with Gasteiger partial charge in [0.2, 0.25) is 5.91 Å². The molecule has 30 heavy (non-hydrogen) atoms. The van der Waals surface area contributed by atoms with E-state index in [9.17, 15) is 9.59 Å². The van der Waals surface area contributed by atoms with Gasteiger partial charge < -0.3 is 19.2 Å². The van der Waals surface area contributed by atoms with E-state index < -0.39 is 0 Å². The number of carbonyl (C=O) groups excluding carboxylic acids is 2. The van der Waals surface area contributed by atoms with Crippen LogP contribution >= 0.6 is 11.8 Å². The minimum Gasteiger partial charge on any atom is -0.462 e. The van der Waals surface area contributed by atoms with Crippen molar-refractivity contribution in [3.8, 4) is 0 Å². The van der Waals surface area contributed by atoms with E-state index >= 15 is 0 Å². The molecule has 0 saturated carbocycles. The van der Waals surface area contributed by atoms with Crippen LogP contribution in [0.1, 0.15) is 35.7 Å². The van der Waals surface area contributed by atoms with Crippen molar-refractivity contribution in [1.29, 1.82) is 0 Å². The number of aromatic nitrogens is 4. The van der Waals surface area contributed by atoms with Gasteiger partial charge >= 0.3 is 5.97 Å². The van der Waals surface area contributed by atoms with E-state index in [1.807, 2.05) is 30.8 Å². The van der Waals surface area contributed by atoms with Gasteiger partial charge in [-0.2, -0.15) is 0 Å². The number of aryl methyl sites for hydroxylation is 1. The van der Waals surface area contributed by atoms with Crippen LogP contribution in [-0.2, 0) is 29.5 Å². The standard InChI is InChI=1S/C21H25N5O3S/c1-4-26-18(13-17-7-6-12-25(17)3)23-24-21(26)30-14-19(27)22-16-10-8-15(9-11-16)20(28)29-5-2/h6-12H,4-5,13-14H2,1-3H3,(H,22,27). The number of rotatable bonds is 9. The molecule has 0 fully saturated rings. The fourth-order valence-corrected chi connectivity index (χ4v) is 3.77. The van der Waals surface area contributed by atoms with Crippen molar-refractivity contribution in [2.75, 3.05) is 17.7 Å². The number of hydrogen-bond donors (Lipinski definition) is 1. The smallest absolute Gasteiger partial charge is 0.338 e. The molecule has 0 aliphatic rings. The third kappa shape index (κ3) is 5.29. The van der Waals surface area contributed by atoms with Crippen molar-refractivity contribution >= 4 is 29.3 Å². The summed E-state index contributed by atoms with van der Waals surface area (Å²) >= 11 is 1.35. The van der Waals surface area contributed by atoms with E-state index in [2.05, 4.69) is 26.1 Å². The van der Waals surface area contributed by atoms with Gasteiger partial charge in [0.1, 0.15) is 5.82 Å². The van der Waals surface area contributed by atoms with E-state index in [-0.39, 0.29) is 17.6 Å². The number of nitrogens with zero attached hydrogens (tertiary/aromatic N) is 4. The summed E-state index contributed by atoms with van der Waals surface area (Å²) in [4.78, 5) is 24.0. The normalized spacial score (nSPS) is 10.8. The lowest BCUT2D eigenvalue weighted by Crippen LogP contribution is -2.15. The van der Waals surface area contributed by atoms with Crippen LogP contribution in [0.2, 0.25) is 0 Å². The predicted molar refractivity (Wildman–Crippen MR) is 116 cm³/mol. The molecule has 0 radical (unpaired) electrons. The molecule has 1 N–H and O–H groups in total. The zero-order valence-corrected chi connectivity index (χ0v) is 18.1. The fourth-order valence-electron chi connectivity index (χ4n) is 2.95. The number of hydrogen-bond acceptors (Lipinski definition) is 6. The van der Waals surface area contributed by atoms with Gasteiger partial charge in [0, 0.05) is 37.6 Å². The average molecular weight is 428 g/mol. The molecule has 8 nitrogen and oxygen atoms in total. The number of amides is 1. The van der Waals surface area contributed by atoms with E-state index in [1.165, 1.54) is 11.8 Å². The molecule has 9 heteroatoms. The van der Waals surface area contributed by atoms with Crippen molar-refractivity contribution in [3.63, 3.8) is 0 Å². The van der Waals surface area contributed by atoms with Gasteiger partial charge in [0.05, 0.1) is 17.9 Å². The van der Waals surface area contributed by atoms with Crippen LogP contribution in [0.3, 0.4) is 0 Å². The minimum atomic E-state index is -0.379. The number of benzene rings is 1. The van der Waals surface area contributed by atoms with Crippen molar-refractivity contribution in [3.05, 3.63) is 59.7 Å². The predicted octanol–water partition coefficient (Wildman–Crippen LogP) is 3.13. The number of anilines is 1. The topological polar surface area (TPSA) is 91.0 Å². The third-order valence-electron chi connectivity index (χ3n) is 4.51. The zero-order chi connectivity index (χ0) is 21.5. The van der Waals surface area contributed by atoms with E-state index in [1.54, 1.807) is 31.2 Å². The molecule has 0 bridgehead atoms. The summed E-state index contributed by atoms with van der Waals surface area (Å²) < 4.78 is 9.04. The number of esters is 1. The Balaban J connectivity index is 1.57. The van der Waals surface area contributed by atoms with Gasteiger partial charge in [-0.05, 0) is 50.2 Å². The quantitative estimate of drug-likeness (QED) is 0.417. The molecule has 3 aromatic rings. The Morgan fingerprint density at radius 2 is 1.90 bits per heavy atom. The van der Waals surface area contributed by atoms with Crippen LogP contribution in [0.25, 0.3) is 0 Å². The highest BCUT2D eigenvalue weighted by Crippen LogP contribution is 2.19. The molecule has 2 heterocycles. The Hall–Kier alpha value is -3.07. The molecule has 0 unspecified atom stereocenters. The summed E-state index contributed by atoms with van der Waals surface area (Å²) in [5.41, 5.74) is 2.22. The van der Waals surface area contributed by atoms with Gasteiger partial charge in [0.25, 0.3) is 0 Å². The van der Waals surface area contributed by atoms with Gasteiger partial charge in [0.15, 0.2) is 5.16 Å². The summed E-state index contributed by atoms with van der Waals surface area (Å²) in [5.74, 6) is 0.549. The molecule has 0 aliphatic heterocycles. The van der Waals surface area contributed by atoms with Crippen molar-refractivity contribution < 1.29 is 14.3 Å². The van der Waals surface area contributed by atoms with Crippen molar-refractivity contribution in [2.45, 2.75) is 32.0 Å². The molecule has 3 rings (SSSR count). The van der Waals surface area contributed by atoms with Gasteiger partial charge in [-0.15, -0.1) is 10.2 Å². The van der Waals surface area contributed by atoms with Gasteiger partial charge in [-0.25, -0.2) is 4.79 Å². The zero-order valence-electron chi connectivity index (χ0n) is 17.3. The molecule has 0 atom stereocenters. The summed E-state index contributed by atoms with van der Waals surface area (Å²) in [7, 11) is 2.00.